The Hall–Kier alpha value is -1.40. The minimum absolute atomic E-state index is 0.0135. The molecular formula is C13H22N4O2. The molecule has 1 aromatic heterocycles. The Morgan fingerprint density at radius 1 is 1.58 bits per heavy atom. The lowest BCUT2D eigenvalue weighted by atomic mass is 10.1. The van der Waals surface area contributed by atoms with Crippen molar-refractivity contribution in [2.45, 2.75) is 31.9 Å². The molecule has 0 bridgehead atoms. The minimum Gasteiger partial charge on any atom is -0.378 e. The van der Waals surface area contributed by atoms with Crippen LogP contribution in [-0.2, 0) is 23.1 Å². The number of carbonyl (C=O) groups excluding carboxylic acids is 1. The summed E-state index contributed by atoms with van der Waals surface area (Å²) in [6.45, 7) is 3.00. The summed E-state index contributed by atoms with van der Waals surface area (Å²) in [6.07, 6.45) is 4.66. The van der Waals surface area contributed by atoms with Gasteiger partial charge in [0.2, 0.25) is 5.91 Å². The number of ether oxygens (including phenoxy) is 1. The van der Waals surface area contributed by atoms with Gasteiger partial charge in [-0.05, 0) is 32.0 Å². The molecule has 0 atom stereocenters. The summed E-state index contributed by atoms with van der Waals surface area (Å²) in [5.41, 5.74) is 0.870. The second kappa shape index (κ2) is 7.25. The number of hydrogen-bond acceptors (Lipinski definition) is 4. The van der Waals surface area contributed by atoms with Gasteiger partial charge in [-0.1, -0.05) is 0 Å². The largest absolute Gasteiger partial charge is 0.378 e. The van der Waals surface area contributed by atoms with Gasteiger partial charge < -0.3 is 15.4 Å². The maximum atomic E-state index is 11.6. The summed E-state index contributed by atoms with van der Waals surface area (Å²) in [4.78, 5) is 11.6. The smallest absolute Gasteiger partial charge is 0.222 e. The molecule has 0 aliphatic carbocycles. The molecule has 1 saturated heterocycles. The standard InChI is InChI=1S/C13H22N4O2/c1-17-8-4-11(16-17)10-15-13(18)5-9-19-12-2-6-14-7-3-12/h4,8,12,14H,2-3,5-7,9-10H2,1H3,(H,15,18). The SMILES string of the molecule is Cn1ccc(CNC(=O)CCOC2CCNCC2)n1. The molecule has 1 amide bonds. The molecule has 0 aromatic carbocycles. The van der Waals surface area contributed by atoms with Gasteiger partial charge in [-0.25, -0.2) is 0 Å². The zero-order valence-corrected chi connectivity index (χ0v) is 11.4. The molecule has 6 nitrogen and oxygen atoms in total. The van der Waals surface area contributed by atoms with Gasteiger partial charge in [-0.2, -0.15) is 5.10 Å². The van der Waals surface area contributed by atoms with Gasteiger partial charge in [0.05, 0.1) is 24.9 Å². The van der Waals surface area contributed by atoms with Crippen molar-refractivity contribution in [2.24, 2.45) is 7.05 Å². The third-order valence-corrected chi connectivity index (χ3v) is 3.20. The van der Waals surface area contributed by atoms with E-state index in [-0.39, 0.29) is 5.91 Å². The van der Waals surface area contributed by atoms with Crippen molar-refractivity contribution in [1.82, 2.24) is 20.4 Å². The Morgan fingerprint density at radius 3 is 3.05 bits per heavy atom. The predicted molar refractivity (Wildman–Crippen MR) is 71.5 cm³/mol. The first-order valence-corrected chi connectivity index (χ1v) is 6.81. The normalized spacial score (nSPS) is 16.5. The molecule has 2 N–H and O–H groups in total. The number of amides is 1. The van der Waals surface area contributed by atoms with Crippen LogP contribution in [0.4, 0.5) is 0 Å². The average Bonchev–Trinajstić information content (AvgIpc) is 2.83. The zero-order chi connectivity index (χ0) is 13.5. The third-order valence-electron chi connectivity index (χ3n) is 3.20. The van der Waals surface area contributed by atoms with E-state index in [1.807, 2.05) is 19.3 Å². The lowest BCUT2D eigenvalue weighted by molar-refractivity contribution is -0.122. The van der Waals surface area contributed by atoms with Crippen LogP contribution in [0.15, 0.2) is 12.3 Å². The Kier molecular flexibility index (Phi) is 5.35. The Balaban J connectivity index is 1.56. The number of hydrogen-bond donors (Lipinski definition) is 2. The molecule has 0 unspecified atom stereocenters. The lowest BCUT2D eigenvalue weighted by Crippen LogP contribution is -2.33. The van der Waals surface area contributed by atoms with Crippen molar-refractivity contribution in [3.8, 4) is 0 Å². The van der Waals surface area contributed by atoms with Crippen LogP contribution in [-0.4, -0.2) is 41.5 Å². The van der Waals surface area contributed by atoms with Crippen molar-refractivity contribution < 1.29 is 9.53 Å². The van der Waals surface area contributed by atoms with E-state index in [0.29, 0.717) is 25.7 Å². The van der Waals surface area contributed by atoms with Gasteiger partial charge in [0.25, 0.3) is 0 Å². The van der Waals surface area contributed by atoms with Crippen molar-refractivity contribution in [3.63, 3.8) is 0 Å². The van der Waals surface area contributed by atoms with E-state index in [1.54, 1.807) is 4.68 Å². The maximum Gasteiger partial charge on any atom is 0.222 e. The van der Waals surface area contributed by atoms with Crippen LogP contribution < -0.4 is 10.6 Å². The highest BCUT2D eigenvalue weighted by Crippen LogP contribution is 2.07. The minimum atomic E-state index is 0.0135. The Labute approximate surface area is 113 Å². The molecule has 0 radical (unpaired) electrons. The highest BCUT2D eigenvalue weighted by molar-refractivity contribution is 5.75. The molecule has 0 saturated carbocycles. The third kappa shape index (κ3) is 5.00. The summed E-state index contributed by atoms with van der Waals surface area (Å²) in [5.74, 6) is 0.0135. The Bertz CT molecular complexity index is 399. The van der Waals surface area contributed by atoms with Gasteiger partial charge in [0, 0.05) is 19.7 Å². The molecule has 0 spiro atoms. The fraction of sp³-hybridized carbons (Fsp3) is 0.692. The molecule has 2 heterocycles. The Morgan fingerprint density at radius 2 is 2.37 bits per heavy atom. The molecular weight excluding hydrogens is 244 g/mol. The molecule has 6 heteroatoms. The van der Waals surface area contributed by atoms with E-state index in [0.717, 1.165) is 31.6 Å². The van der Waals surface area contributed by atoms with Gasteiger partial charge in [-0.3, -0.25) is 9.48 Å². The van der Waals surface area contributed by atoms with E-state index >= 15 is 0 Å². The number of aromatic nitrogens is 2. The number of rotatable bonds is 6. The molecule has 106 valence electrons. The highest BCUT2D eigenvalue weighted by Gasteiger charge is 2.13. The number of nitrogens with zero attached hydrogens (tertiary/aromatic N) is 2. The molecule has 19 heavy (non-hydrogen) atoms. The van der Waals surface area contributed by atoms with E-state index in [1.165, 1.54) is 0 Å². The summed E-state index contributed by atoms with van der Waals surface area (Å²) >= 11 is 0. The van der Waals surface area contributed by atoms with Crippen LogP contribution in [0.1, 0.15) is 25.0 Å². The van der Waals surface area contributed by atoms with Crippen molar-refractivity contribution in [1.29, 1.82) is 0 Å². The molecule has 1 aliphatic rings. The number of nitrogens with one attached hydrogen (secondary N) is 2. The average molecular weight is 266 g/mol. The number of aryl methyl sites for hydroxylation is 1. The monoisotopic (exact) mass is 266 g/mol. The topological polar surface area (TPSA) is 68.2 Å². The first-order valence-electron chi connectivity index (χ1n) is 6.81. The van der Waals surface area contributed by atoms with Crippen LogP contribution >= 0.6 is 0 Å². The lowest BCUT2D eigenvalue weighted by Gasteiger charge is -2.22. The van der Waals surface area contributed by atoms with Crippen LogP contribution in [0.25, 0.3) is 0 Å². The van der Waals surface area contributed by atoms with Crippen molar-refractivity contribution >= 4 is 5.91 Å². The first kappa shape index (κ1) is 14.0. The highest BCUT2D eigenvalue weighted by atomic mass is 16.5. The fourth-order valence-corrected chi connectivity index (χ4v) is 2.12. The van der Waals surface area contributed by atoms with Crippen LogP contribution in [0.2, 0.25) is 0 Å². The maximum absolute atomic E-state index is 11.6. The van der Waals surface area contributed by atoms with E-state index in [9.17, 15) is 4.79 Å². The van der Waals surface area contributed by atoms with Gasteiger partial charge >= 0.3 is 0 Å². The van der Waals surface area contributed by atoms with Crippen LogP contribution in [0.5, 0.6) is 0 Å². The summed E-state index contributed by atoms with van der Waals surface area (Å²) in [5, 5.41) is 10.3. The van der Waals surface area contributed by atoms with Crippen molar-refractivity contribution in [2.75, 3.05) is 19.7 Å². The molecule has 1 aromatic rings. The zero-order valence-electron chi connectivity index (χ0n) is 11.4. The number of carbonyl (C=O) groups is 1. The second-order valence-electron chi connectivity index (χ2n) is 4.83. The first-order chi connectivity index (χ1) is 9.24. The van der Waals surface area contributed by atoms with E-state index in [2.05, 4.69) is 15.7 Å². The number of piperidine rings is 1. The predicted octanol–water partition coefficient (Wildman–Crippen LogP) is 0.195. The fourth-order valence-electron chi connectivity index (χ4n) is 2.12. The van der Waals surface area contributed by atoms with Gasteiger partial charge in [0.1, 0.15) is 0 Å². The summed E-state index contributed by atoms with van der Waals surface area (Å²) in [6, 6.07) is 1.89. The van der Waals surface area contributed by atoms with Crippen molar-refractivity contribution in [3.05, 3.63) is 18.0 Å². The van der Waals surface area contributed by atoms with Gasteiger partial charge in [0.15, 0.2) is 0 Å². The van der Waals surface area contributed by atoms with E-state index in [4.69, 9.17) is 4.74 Å². The van der Waals surface area contributed by atoms with Crippen LogP contribution in [0, 0.1) is 0 Å². The summed E-state index contributed by atoms with van der Waals surface area (Å²) in [7, 11) is 1.86. The second-order valence-corrected chi connectivity index (χ2v) is 4.83. The summed E-state index contributed by atoms with van der Waals surface area (Å²) < 4.78 is 7.41. The quantitative estimate of drug-likeness (QED) is 0.771. The molecule has 1 fully saturated rings. The molecule has 1 aliphatic heterocycles. The van der Waals surface area contributed by atoms with E-state index < -0.39 is 0 Å². The van der Waals surface area contributed by atoms with Crippen LogP contribution in [0.3, 0.4) is 0 Å². The molecule has 2 rings (SSSR count). The van der Waals surface area contributed by atoms with Gasteiger partial charge in [-0.15, -0.1) is 0 Å².